The minimum atomic E-state index is -3.51. The van der Waals surface area contributed by atoms with E-state index in [1.807, 2.05) is 0 Å². The van der Waals surface area contributed by atoms with E-state index in [0.717, 1.165) is 0 Å². The third-order valence-corrected chi connectivity index (χ3v) is 6.11. The van der Waals surface area contributed by atoms with E-state index >= 15 is 0 Å². The first-order chi connectivity index (χ1) is 11.9. The molecule has 2 N–H and O–H groups in total. The van der Waals surface area contributed by atoms with Crippen LogP contribution in [0.5, 0.6) is 0 Å². The van der Waals surface area contributed by atoms with Gasteiger partial charge >= 0.3 is 0 Å². The molecule has 1 aliphatic rings. The van der Waals surface area contributed by atoms with Crippen LogP contribution in [0.15, 0.2) is 41.1 Å². The van der Waals surface area contributed by atoms with Crippen molar-refractivity contribution in [1.29, 1.82) is 0 Å². The zero-order valence-corrected chi connectivity index (χ0v) is 15.2. The van der Waals surface area contributed by atoms with Crippen LogP contribution in [0.4, 0.5) is 21.6 Å². The largest absolute Gasteiger partial charge is 0.350 e. The summed E-state index contributed by atoms with van der Waals surface area (Å²) < 4.78 is 43.2. The molecule has 4 rings (SSSR count). The van der Waals surface area contributed by atoms with E-state index in [9.17, 15) is 12.8 Å². The number of hydrogen-bond donors (Lipinski definition) is 2. The van der Waals surface area contributed by atoms with Gasteiger partial charge in [0.25, 0.3) is 0 Å². The average molecular weight is 426 g/mol. The minimum absolute atomic E-state index is 0.0970. The lowest BCUT2D eigenvalue weighted by molar-refractivity contribution is 0.599. The third kappa shape index (κ3) is 3.31. The number of imidazole rings is 1. The highest BCUT2D eigenvalue weighted by Crippen LogP contribution is 2.33. The molecule has 1 fully saturated rings. The fourth-order valence-corrected chi connectivity index (χ4v) is 4.04. The van der Waals surface area contributed by atoms with Crippen LogP contribution in [0.1, 0.15) is 12.8 Å². The lowest BCUT2D eigenvalue weighted by atomic mass is 10.3. The zero-order chi connectivity index (χ0) is 17.6. The second-order valence-corrected chi connectivity index (χ2v) is 8.61. The molecule has 0 radical (unpaired) electrons. The Hall–Kier alpha value is -2.20. The van der Waals surface area contributed by atoms with Crippen LogP contribution in [0.2, 0.25) is 0 Å². The first-order valence-corrected chi connectivity index (χ1v) is 9.84. The van der Waals surface area contributed by atoms with Gasteiger partial charge in [-0.2, -0.15) is 0 Å². The first kappa shape index (κ1) is 16.3. The van der Waals surface area contributed by atoms with E-state index in [1.165, 1.54) is 10.6 Å². The summed E-state index contributed by atoms with van der Waals surface area (Å²) in [6, 6.07) is 6.16. The standard InChI is InChI=1S/C15H13BrFN5O2S/c16-9-1-4-12(11(17)7-9)19-13-8-14-18-5-6-22(14)20-15(13)21-25(23,24)10-2-3-10/h1,4-8,10,19H,2-3H2,(H,20,21). The lowest BCUT2D eigenvalue weighted by Gasteiger charge is -2.14. The molecule has 7 nitrogen and oxygen atoms in total. The molecule has 0 bridgehead atoms. The summed E-state index contributed by atoms with van der Waals surface area (Å²) in [6.07, 6.45) is 4.42. The van der Waals surface area contributed by atoms with Crippen molar-refractivity contribution < 1.29 is 12.8 Å². The van der Waals surface area contributed by atoms with Gasteiger partial charge in [-0.05, 0) is 31.0 Å². The number of halogens is 2. The predicted molar refractivity (Wildman–Crippen MR) is 95.9 cm³/mol. The van der Waals surface area contributed by atoms with Crippen LogP contribution in [-0.2, 0) is 10.0 Å². The molecule has 10 heteroatoms. The number of fused-ring (bicyclic) bond motifs is 1. The Morgan fingerprint density at radius 1 is 1.24 bits per heavy atom. The molecule has 0 saturated heterocycles. The highest BCUT2D eigenvalue weighted by Gasteiger charge is 2.36. The molecule has 0 unspecified atom stereocenters. The highest BCUT2D eigenvalue weighted by atomic mass is 79.9. The monoisotopic (exact) mass is 425 g/mol. The van der Waals surface area contributed by atoms with Gasteiger partial charge in [0.15, 0.2) is 11.5 Å². The molecule has 2 heterocycles. The Balaban J connectivity index is 1.76. The molecular weight excluding hydrogens is 413 g/mol. The van der Waals surface area contributed by atoms with Crippen molar-refractivity contribution in [3.05, 3.63) is 46.9 Å². The maximum Gasteiger partial charge on any atom is 0.236 e. The van der Waals surface area contributed by atoms with Crippen LogP contribution in [-0.4, -0.2) is 28.3 Å². The summed E-state index contributed by atoms with van der Waals surface area (Å²) >= 11 is 3.20. The molecule has 130 valence electrons. The van der Waals surface area contributed by atoms with Crippen LogP contribution in [0.3, 0.4) is 0 Å². The zero-order valence-electron chi connectivity index (χ0n) is 12.8. The van der Waals surface area contributed by atoms with Gasteiger partial charge in [-0.25, -0.2) is 22.3 Å². The number of nitrogens with zero attached hydrogens (tertiary/aromatic N) is 3. The molecule has 0 atom stereocenters. The van der Waals surface area contributed by atoms with Gasteiger partial charge in [-0.15, -0.1) is 5.10 Å². The van der Waals surface area contributed by atoms with Crippen molar-refractivity contribution in [3.63, 3.8) is 0 Å². The first-order valence-electron chi connectivity index (χ1n) is 7.50. The van der Waals surface area contributed by atoms with Gasteiger partial charge in [0.1, 0.15) is 5.82 Å². The molecule has 0 aliphatic heterocycles. The average Bonchev–Trinajstić information content (AvgIpc) is 3.31. The second-order valence-electron chi connectivity index (χ2n) is 5.73. The van der Waals surface area contributed by atoms with Gasteiger partial charge in [-0.3, -0.25) is 4.72 Å². The Labute approximate surface area is 151 Å². The van der Waals surface area contributed by atoms with E-state index in [4.69, 9.17) is 0 Å². The second kappa shape index (κ2) is 5.95. The Morgan fingerprint density at radius 2 is 2.04 bits per heavy atom. The summed E-state index contributed by atoms with van der Waals surface area (Å²) in [4.78, 5) is 4.12. The lowest BCUT2D eigenvalue weighted by Crippen LogP contribution is -2.20. The third-order valence-electron chi connectivity index (χ3n) is 3.79. The van der Waals surface area contributed by atoms with Crippen LogP contribution < -0.4 is 10.0 Å². The van der Waals surface area contributed by atoms with E-state index in [1.54, 1.807) is 30.6 Å². The van der Waals surface area contributed by atoms with Gasteiger partial charge in [0.2, 0.25) is 10.0 Å². The van der Waals surface area contributed by atoms with Crippen molar-refractivity contribution in [3.8, 4) is 0 Å². The van der Waals surface area contributed by atoms with Crippen LogP contribution in [0, 0.1) is 5.82 Å². The minimum Gasteiger partial charge on any atom is -0.350 e. The molecule has 25 heavy (non-hydrogen) atoms. The van der Waals surface area contributed by atoms with E-state index in [2.05, 4.69) is 36.1 Å². The summed E-state index contributed by atoms with van der Waals surface area (Å²) in [6.45, 7) is 0. The summed E-state index contributed by atoms with van der Waals surface area (Å²) in [5, 5.41) is 6.74. The molecule has 1 saturated carbocycles. The van der Waals surface area contributed by atoms with E-state index in [0.29, 0.717) is 28.6 Å². The number of hydrogen-bond acceptors (Lipinski definition) is 5. The number of benzene rings is 1. The summed E-state index contributed by atoms with van der Waals surface area (Å²) in [7, 11) is -3.51. The quantitative estimate of drug-likeness (QED) is 0.654. The smallest absolute Gasteiger partial charge is 0.236 e. The molecular formula is C15H13BrFN5O2S. The normalized spacial score (nSPS) is 14.6. The molecule has 0 spiro atoms. The summed E-state index contributed by atoms with van der Waals surface area (Å²) in [5.74, 6) is -0.381. The van der Waals surface area contributed by atoms with Crippen molar-refractivity contribution in [2.24, 2.45) is 0 Å². The van der Waals surface area contributed by atoms with Gasteiger partial charge < -0.3 is 5.32 Å². The van der Waals surface area contributed by atoms with Crippen molar-refractivity contribution in [2.45, 2.75) is 18.1 Å². The Kier molecular flexibility index (Phi) is 3.88. The van der Waals surface area contributed by atoms with Crippen molar-refractivity contribution >= 4 is 48.8 Å². The maximum absolute atomic E-state index is 14.1. The number of nitrogens with one attached hydrogen (secondary N) is 2. The van der Waals surface area contributed by atoms with Crippen LogP contribution in [0.25, 0.3) is 5.65 Å². The van der Waals surface area contributed by atoms with Gasteiger partial charge in [-0.1, -0.05) is 15.9 Å². The van der Waals surface area contributed by atoms with E-state index in [-0.39, 0.29) is 11.5 Å². The number of rotatable bonds is 5. The van der Waals surface area contributed by atoms with Crippen molar-refractivity contribution in [1.82, 2.24) is 14.6 Å². The topological polar surface area (TPSA) is 88.4 Å². The molecule has 0 amide bonds. The molecule has 1 aliphatic carbocycles. The Bertz CT molecular complexity index is 1060. The number of sulfonamides is 1. The Morgan fingerprint density at radius 3 is 2.76 bits per heavy atom. The van der Waals surface area contributed by atoms with Gasteiger partial charge in [0.05, 0.1) is 16.6 Å². The molecule has 1 aromatic carbocycles. The van der Waals surface area contributed by atoms with Crippen LogP contribution >= 0.6 is 15.9 Å². The summed E-state index contributed by atoms with van der Waals surface area (Å²) in [5.41, 5.74) is 1.03. The molecule has 2 aromatic heterocycles. The van der Waals surface area contributed by atoms with Crippen molar-refractivity contribution in [2.75, 3.05) is 10.0 Å². The highest BCUT2D eigenvalue weighted by molar-refractivity contribution is 9.10. The fourth-order valence-electron chi connectivity index (χ4n) is 2.36. The maximum atomic E-state index is 14.1. The number of anilines is 3. The number of aromatic nitrogens is 3. The molecule has 3 aromatic rings. The van der Waals surface area contributed by atoms with Gasteiger partial charge in [0, 0.05) is 22.9 Å². The predicted octanol–water partition coefficient (Wildman–Crippen LogP) is 3.28. The fraction of sp³-hybridized carbons (Fsp3) is 0.200. The van der Waals surface area contributed by atoms with E-state index < -0.39 is 21.1 Å². The SMILES string of the molecule is O=S(=O)(Nc1nn2ccnc2cc1Nc1ccc(Br)cc1F)C1CC1.